The Morgan fingerprint density at radius 1 is 1.13 bits per heavy atom. The van der Waals surface area contributed by atoms with Crippen LogP contribution in [-0.2, 0) is 20.9 Å². The zero-order chi connectivity index (χ0) is 21.7. The second kappa shape index (κ2) is 7.72. The van der Waals surface area contributed by atoms with Gasteiger partial charge in [0.25, 0.3) is 5.91 Å². The number of benzene rings is 2. The molecule has 5 rings (SSSR count). The predicted octanol–water partition coefficient (Wildman–Crippen LogP) is 4.41. The Hall–Kier alpha value is -2.79. The normalized spacial score (nSPS) is 27.7. The van der Waals surface area contributed by atoms with Gasteiger partial charge in [-0.15, -0.1) is 11.6 Å². The van der Waals surface area contributed by atoms with Crippen molar-refractivity contribution in [2.45, 2.75) is 50.3 Å². The lowest BCUT2D eigenvalue weighted by atomic mass is 9.77. The number of amides is 1. The average molecular weight is 438 g/mol. The molecule has 0 aromatic heterocycles. The maximum absolute atomic E-state index is 13.6. The summed E-state index contributed by atoms with van der Waals surface area (Å²) >= 11 is 6.36. The van der Waals surface area contributed by atoms with Crippen molar-refractivity contribution < 1.29 is 19.4 Å². The summed E-state index contributed by atoms with van der Waals surface area (Å²) in [5, 5.41) is 10.0. The van der Waals surface area contributed by atoms with Crippen LogP contribution in [0.2, 0.25) is 0 Å². The quantitative estimate of drug-likeness (QED) is 0.722. The summed E-state index contributed by atoms with van der Waals surface area (Å²) in [5.41, 5.74) is 3.19. The first-order valence-corrected chi connectivity index (χ1v) is 11.1. The number of carbonyl (C=O) groups is 2. The first-order chi connectivity index (χ1) is 14.9. The number of aromatic hydroxyl groups is 1. The minimum atomic E-state index is -0.597. The summed E-state index contributed by atoms with van der Waals surface area (Å²) in [5.74, 6) is -0.398. The Labute approximate surface area is 186 Å². The number of fused-ring (bicyclic) bond motifs is 1. The molecule has 1 saturated carbocycles. The van der Waals surface area contributed by atoms with Gasteiger partial charge in [-0.2, -0.15) is 0 Å². The second-order valence-electron chi connectivity index (χ2n) is 8.70. The minimum absolute atomic E-state index is 0.0512. The minimum Gasteiger partial charge on any atom is -0.508 e. The first kappa shape index (κ1) is 20.1. The van der Waals surface area contributed by atoms with Gasteiger partial charge >= 0.3 is 0 Å². The molecule has 1 amide bonds. The van der Waals surface area contributed by atoms with E-state index in [4.69, 9.17) is 16.3 Å². The Kier molecular flexibility index (Phi) is 5.01. The number of aryl methyl sites for hydroxylation is 1. The van der Waals surface area contributed by atoms with E-state index in [2.05, 4.69) is 0 Å². The predicted molar refractivity (Wildman–Crippen MR) is 116 cm³/mol. The lowest BCUT2D eigenvalue weighted by Gasteiger charge is -2.37. The van der Waals surface area contributed by atoms with Crippen molar-refractivity contribution in [1.29, 1.82) is 0 Å². The van der Waals surface area contributed by atoms with E-state index in [0.29, 0.717) is 30.5 Å². The van der Waals surface area contributed by atoms with Gasteiger partial charge in [0, 0.05) is 11.9 Å². The van der Waals surface area contributed by atoms with Crippen molar-refractivity contribution in [1.82, 2.24) is 4.90 Å². The van der Waals surface area contributed by atoms with Crippen molar-refractivity contribution in [3.63, 3.8) is 0 Å². The molecule has 160 valence electrons. The van der Waals surface area contributed by atoms with Crippen LogP contribution in [0.25, 0.3) is 0 Å². The molecule has 0 spiro atoms. The second-order valence-corrected chi connectivity index (χ2v) is 9.31. The molecular formula is C25H24ClNO4. The molecule has 2 aliphatic heterocycles. The van der Waals surface area contributed by atoms with Crippen LogP contribution in [0.3, 0.4) is 0 Å². The largest absolute Gasteiger partial charge is 0.508 e. The van der Waals surface area contributed by atoms with Gasteiger partial charge in [-0.05, 0) is 49.4 Å². The highest BCUT2D eigenvalue weighted by atomic mass is 35.5. The Bertz CT molecular complexity index is 1080. The highest BCUT2D eigenvalue weighted by molar-refractivity contribution is 6.21. The van der Waals surface area contributed by atoms with Crippen LogP contribution >= 0.6 is 11.6 Å². The number of phenolic OH excluding ortho intramolecular Hbond substituents is 1. The van der Waals surface area contributed by atoms with E-state index in [1.165, 1.54) is 0 Å². The monoisotopic (exact) mass is 437 g/mol. The van der Waals surface area contributed by atoms with Gasteiger partial charge in [0.2, 0.25) is 0 Å². The van der Waals surface area contributed by atoms with Crippen molar-refractivity contribution in [3.05, 3.63) is 76.6 Å². The molecule has 0 radical (unpaired) electrons. The van der Waals surface area contributed by atoms with Gasteiger partial charge in [-0.1, -0.05) is 42.0 Å². The third kappa shape index (κ3) is 3.51. The van der Waals surface area contributed by atoms with E-state index in [9.17, 15) is 14.7 Å². The number of ether oxygens (including phenoxy) is 1. The molecule has 1 aliphatic carbocycles. The maximum Gasteiger partial charge on any atom is 0.290 e. The molecule has 31 heavy (non-hydrogen) atoms. The van der Waals surface area contributed by atoms with Crippen molar-refractivity contribution in [3.8, 4) is 5.75 Å². The summed E-state index contributed by atoms with van der Waals surface area (Å²) < 4.78 is 6.16. The van der Waals surface area contributed by atoms with Crippen molar-refractivity contribution >= 4 is 23.3 Å². The SMILES string of the molecule is Cc1ccc(CN2C(=O)C3=C(C(=O)C4CC(Cl)CCC4O3)C2c2cccc(O)c2)cc1. The summed E-state index contributed by atoms with van der Waals surface area (Å²) in [6, 6.07) is 14.1. The fourth-order valence-corrected chi connectivity index (χ4v) is 5.28. The number of halogens is 1. The highest BCUT2D eigenvalue weighted by Gasteiger charge is 2.52. The number of alkyl halides is 1. The molecule has 0 bridgehead atoms. The molecule has 0 saturated heterocycles. The molecule has 2 heterocycles. The Morgan fingerprint density at radius 2 is 1.90 bits per heavy atom. The fourth-order valence-electron chi connectivity index (χ4n) is 4.96. The van der Waals surface area contributed by atoms with Crippen molar-refractivity contribution in [2.75, 3.05) is 0 Å². The summed E-state index contributed by atoms with van der Waals surface area (Å²) in [7, 11) is 0. The first-order valence-electron chi connectivity index (χ1n) is 10.7. The topological polar surface area (TPSA) is 66.8 Å². The molecule has 2 aromatic rings. The molecule has 1 fully saturated rings. The Morgan fingerprint density at radius 3 is 2.65 bits per heavy atom. The van der Waals surface area contributed by atoms with E-state index >= 15 is 0 Å². The number of carbonyl (C=O) groups excluding carboxylic acids is 2. The van der Waals surface area contributed by atoms with Crippen LogP contribution in [-0.4, -0.2) is 33.2 Å². The number of hydrogen-bond donors (Lipinski definition) is 1. The van der Waals surface area contributed by atoms with E-state index < -0.39 is 6.04 Å². The molecule has 6 heteroatoms. The van der Waals surface area contributed by atoms with Crippen LogP contribution < -0.4 is 0 Å². The molecule has 2 aromatic carbocycles. The van der Waals surface area contributed by atoms with Gasteiger partial charge in [0.15, 0.2) is 11.5 Å². The lowest BCUT2D eigenvalue weighted by molar-refractivity contribution is -0.135. The number of phenols is 1. The number of hydrogen-bond acceptors (Lipinski definition) is 4. The van der Waals surface area contributed by atoms with Crippen LogP contribution in [0.15, 0.2) is 59.9 Å². The smallest absolute Gasteiger partial charge is 0.290 e. The number of Topliss-reactive ketones (excluding diaryl/α,β-unsaturated/α-hetero) is 1. The fraction of sp³-hybridized carbons (Fsp3) is 0.360. The molecule has 3 aliphatic rings. The molecule has 4 unspecified atom stereocenters. The number of ketones is 1. The summed E-state index contributed by atoms with van der Waals surface area (Å²) in [4.78, 5) is 28.8. The zero-order valence-electron chi connectivity index (χ0n) is 17.3. The van der Waals surface area contributed by atoms with Gasteiger partial charge in [0.1, 0.15) is 11.9 Å². The average Bonchev–Trinajstić information content (AvgIpc) is 3.02. The van der Waals surface area contributed by atoms with Gasteiger partial charge in [-0.25, -0.2) is 0 Å². The van der Waals surface area contributed by atoms with E-state index in [-0.39, 0.29) is 40.6 Å². The van der Waals surface area contributed by atoms with Crippen LogP contribution in [0, 0.1) is 12.8 Å². The third-order valence-electron chi connectivity index (χ3n) is 6.54. The highest BCUT2D eigenvalue weighted by Crippen LogP contribution is 2.48. The van der Waals surface area contributed by atoms with Crippen LogP contribution in [0.4, 0.5) is 0 Å². The molecule has 4 atom stereocenters. The summed E-state index contributed by atoms with van der Waals surface area (Å²) in [6.07, 6.45) is 1.70. The standard InChI is InChI=1S/C25H24ClNO4/c1-14-5-7-15(8-6-14)13-27-22(16-3-2-4-18(28)11-16)21-23(29)19-12-17(26)9-10-20(19)31-24(21)25(27)30/h2-8,11,17,19-20,22,28H,9-10,12-13H2,1H3. The third-order valence-corrected chi connectivity index (χ3v) is 6.94. The molecular weight excluding hydrogens is 414 g/mol. The van der Waals surface area contributed by atoms with E-state index in [1.807, 2.05) is 37.3 Å². The number of rotatable bonds is 3. The van der Waals surface area contributed by atoms with E-state index in [0.717, 1.165) is 17.5 Å². The van der Waals surface area contributed by atoms with Gasteiger partial charge < -0.3 is 14.7 Å². The zero-order valence-corrected chi connectivity index (χ0v) is 18.0. The maximum atomic E-state index is 13.6. The van der Waals surface area contributed by atoms with Crippen LogP contribution in [0.5, 0.6) is 5.75 Å². The molecule has 5 nitrogen and oxygen atoms in total. The Balaban J connectivity index is 1.57. The van der Waals surface area contributed by atoms with Gasteiger partial charge in [0.05, 0.1) is 17.5 Å². The number of nitrogens with zero attached hydrogens (tertiary/aromatic N) is 1. The van der Waals surface area contributed by atoms with Gasteiger partial charge in [-0.3, -0.25) is 9.59 Å². The summed E-state index contributed by atoms with van der Waals surface area (Å²) in [6.45, 7) is 2.36. The van der Waals surface area contributed by atoms with Crippen LogP contribution in [0.1, 0.15) is 42.0 Å². The lowest BCUT2D eigenvalue weighted by Crippen LogP contribution is -2.41. The molecule has 1 N–H and O–H groups in total. The van der Waals surface area contributed by atoms with E-state index in [1.54, 1.807) is 23.1 Å². The van der Waals surface area contributed by atoms with Crippen molar-refractivity contribution in [2.24, 2.45) is 5.92 Å².